The molecule has 0 aliphatic carbocycles. The van der Waals surface area contributed by atoms with E-state index >= 15 is 0 Å². The Hall–Kier alpha value is -1.53. The standard InChI is InChI=1S/C15H22ClN5S/c1-11-19-13(10-22-11)5-6-18-15(17-2)21(4)9-14-7-12(16)8-20(14)3/h7-8,10H,5-6,9H2,1-4H3,(H,17,18). The molecule has 2 aromatic heterocycles. The largest absolute Gasteiger partial charge is 0.356 e. The summed E-state index contributed by atoms with van der Waals surface area (Å²) in [6.45, 7) is 3.59. The summed E-state index contributed by atoms with van der Waals surface area (Å²) in [7, 11) is 5.81. The van der Waals surface area contributed by atoms with Gasteiger partial charge >= 0.3 is 0 Å². The van der Waals surface area contributed by atoms with Crippen LogP contribution in [0.1, 0.15) is 16.4 Å². The van der Waals surface area contributed by atoms with Crippen molar-refractivity contribution in [3.05, 3.63) is 39.1 Å². The SMILES string of the molecule is CN=C(NCCc1csc(C)n1)N(C)Cc1cc(Cl)cn1C. The summed E-state index contributed by atoms with van der Waals surface area (Å²) < 4.78 is 2.03. The first kappa shape index (κ1) is 16.8. The normalized spacial score (nSPS) is 11.8. The maximum Gasteiger partial charge on any atom is 0.193 e. The molecule has 0 saturated heterocycles. The summed E-state index contributed by atoms with van der Waals surface area (Å²) in [5.74, 6) is 0.865. The molecule has 5 nitrogen and oxygen atoms in total. The zero-order chi connectivity index (χ0) is 16.1. The van der Waals surface area contributed by atoms with E-state index in [9.17, 15) is 0 Å². The molecule has 7 heteroatoms. The highest BCUT2D eigenvalue weighted by Gasteiger charge is 2.09. The lowest BCUT2D eigenvalue weighted by molar-refractivity contribution is 0.462. The van der Waals surface area contributed by atoms with Gasteiger partial charge in [-0.25, -0.2) is 4.98 Å². The van der Waals surface area contributed by atoms with Crippen molar-refractivity contribution in [2.24, 2.45) is 12.0 Å². The Bertz CT molecular complexity index is 646. The Kier molecular flexibility index (Phi) is 5.85. The summed E-state index contributed by atoms with van der Waals surface area (Å²) in [4.78, 5) is 10.9. The number of aliphatic imine (C=N–C) groups is 1. The van der Waals surface area contributed by atoms with E-state index in [4.69, 9.17) is 11.6 Å². The maximum atomic E-state index is 6.02. The average Bonchev–Trinajstić information content (AvgIpc) is 3.01. The molecule has 1 N–H and O–H groups in total. The van der Waals surface area contributed by atoms with Gasteiger partial charge in [0.15, 0.2) is 5.96 Å². The van der Waals surface area contributed by atoms with Crippen molar-refractivity contribution in [3.63, 3.8) is 0 Å². The molecule has 0 atom stereocenters. The zero-order valence-corrected chi connectivity index (χ0v) is 15.0. The molecule has 0 bridgehead atoms. The van der Waals surface area contributed by atoms with Crippen LogP contribution in [0.4, 0.5) is 0 Å². The monoisotopic (exact) mass is 339 g/mol. The van der Waals surface area contributed by atoms with Gasteiger partial charge in [-0.3, -0.25) is 4.99 Å². The maximum absolute atomic E-state index is 6.02. The topological polar surface area (TPSA) is 45.5 Å². The van der Waals surface area contributed by atoms with Crippen LogP contribution >= 0.6 is 22.9 Å². The van der Waals surface area contributed by atoms with Gasteiger partial charge in [0.05, 0.1) is 22.3 Å². The summed E-state index contributed by atoms with van der Waals surface area (Å²) >= 11 is 7.71. The fourth-order valence-corrected chi connectivity index (χ4v) is 3.17. The van der Waals surface area contributed by atoms with Gasteiger partial charge in [0.2, 0.25) is 0 Å². The molecular formula is C15H22ClN5S. The van der Waals surface area contributed by atoms with E-state index in [2.05, 4.69) is 25.6 Å². The van der Waals surface area contributed by atoms with Crippen molar-refractivity contribution in [1.82, 2.24) is 19.8 Å². The van der Waals surface area contributed by atoms with Crippen LogP contribution in [0.2, 0.25) is 5.02 Å². The Balaban J connectivity index is 1.86. The van der Waals surface area contributed by atoms with Crippen molar-refractivity contribution >= 4 is 28.9 Å². The van der Waals surface area contributed by atoms with E-state index in [-0.39, 0.29) is 0 Å². The second-order valence-electron chi connectivity index (χ2n) is 5.20. The van der Waals surface area contributed by atoms with Gasteiger partial charge in [-0.05, 0) is 13.0 Å². The lowest BCUT2D eigenvalue weighted by Crippen LogP contribution is -2.39. The highest BCUT2D eigenvalue weighted by Crippen LogP contribution is 2.14. The van der Waals surface area contributed by atoms with E-state index in [1.165, 1.54) is 0 Å². The van der Waals surface area contributed by atoms with Crippen molar-refractivity contribution in [2.45, 2.75) is 19.9 Å². The first-order valence-corrected chi connectivity index (χ1v) is 8.39. The first-order chi connectivity index (χ1) is 10.5. The van der Waals surface area contributed by atoms with Crippen LogP contribution in [-0.2, 0) is 20.0 Å². The predicted octanol–water partition coefficient (Wildman–Crippen LogP) is 2.69. The molecule has 0 saturated carbocycles. The average molecular weight is 340 g/mol. The van der Waals surface area contributed by atoms with Crippen molar-refractivity contribution in [2.75, 3.05) is 20.6 Å². The minimum Gasteiger partial charge on any atom is -0.356 e. The third kappa shape index (κ3) is 4.48. The van der Waals surface area contributed by atoms with Gasteiger partial charge in [0, 0.05) is 51.4 Å². The number of aromatic nitrogens is 2. The highest BCUT2D eigenvalue weighted by atomic mass is 35.5. The van der Waals surface area contributed by atoms with Crippen LogP contribution in [0.5, 0.6) is 0 Å². The molecule has 22 heavy (non-hydrogen) atoms. The summed E-state index contributed by atoms with van der Waals surface area (Å²) in [6, 6.07) is 1.98. The van der Waals surface area contributed by atoms with Gasteiger partial charge in [-0.1, -0.05) is 11.6 Å². The quantitative estimate of drug-likeness (QED) is 0.673. The van der Waals surface area contributed by atoms with Crippen LogP contribution in [-0.4, -0.2) is 41.1 Å². The number of hydrogen-bond donors (Lipinski definition) is 1. The molecule has 0 unspecified atom stereocenters. The molecule has 2 aromatic rings. The Morgan fingerprint density at radius 3 is 2.86 bits per heavy atom. The number of nitrogens with one attached hydrogen (secondary N) is 1. The van der Waals surface area contributed by atoms with Crippen molar-refractivity contribution < 1.29 is 0 Å². The van der Waals surface area contributed by atoms with E-state index in [1.54, 1.807) is 18.4 Å². The third-order valence-electron chi connectivity index (χ3n) is 3.38. The van der Waals surface area contributed by atoms with E-state index < -0.39 is 0 Å². The van der Waals surface area contributed by atoms with Gasteiger partial charge in [-0.2, -0.15) is 0 Å². The molecule has 0 radical (unpaired) electrons. The van der Waals surface area contributed by atoms with Crippen LogP contribution in [0.25, 0.3) is 0 Å². The molecule has 0 fully saturated rings. The Morgan fingerprint density at radius 1 is 1.55 bits per heavy atom. The number of rotatable bonds is 5. The molecule has 0 aromatic carbocycles. The fourth-order valence-electron chi connectivity index (χ4n) is 2.25. The first-order valence-electron chi connectivity index (χ1n) is 7.13. The van der Waals surface area contributed by atoms with Gasteiger partial charge in [0.25, 0.3) is 0 Å². The molecule has 2 rings (SSSR count). The summed E-state index contributed by atoms with van der Waals surface area (Å²) in [5, 5.41) is 7.34. The summed E-state index contributed by atoms with van der Waals surface area (Å²) in [5.41, 5.74) is 2.27. The van der Waals surface area contributed by atoms with Crippen LogP contribution in [0.3, 0.4) is 0 Å². The smallest absolute Gasteiger partial charge is 0.193 e. The molecular weight excluding hydrogens is 318 g/mol. The minimum atomic E-state index is 0.749. The van der Waals surface area contributed by atoms with Crippen molar-refractivity contribution in [1.29, 1.82) is 0 Å². The number of hydrogen-bond acceptors (Lipinski definition) is 3. The molecule has 120 valence electrons. The third-order valence-corrected chi connectivity index (χ3v) is 4.41. The Labute approximate surface area is 140 Å². The zero-order valence-electron chi connectivity index (χ0n) is 13.4. The fraction of sp³-hybridized carbons (Fsp3) is 0.467. The second-order valence-corrected chi connectivity index (χ2v) is 6.70. The number of nitrogens with zero attached hydrogens (tertiary/aromatic N) is 4. The van der Waals surface area contributed by atoms with Gasteiger partial charge in [-0.15, -0.1) is 11.3 Å². The molecule has 2 heterocycles. The van der Waals surface area contributed by atoms with E-state index in [0.717, 1.165) is 46.9 Å². The number of guanidine groups is 1. The van der Waals surface area contributed by atoms with Crippen LogP contribution in [0, 0.1) is 6.92 Å². The van der Waals surface area contributed by atoms with Gasteiger partial charge in [0.1, 0.15) is 0 Å². The highest BCUT2D eigenvalue weighted by molar-refractivity contribution is 7.09. The predicted molar refractivity (Wildman–Crippen MR) is 93.8 cm³/mol. The second kappa shape index (κ2) is 7.65. The molecule has 0 amide bonds. The van der Waals surface area contributed by atoms with Gasteiger partial charge < -0.3 is 14.8 Å². The lowest BCUT2D eigenvalue weighted by Gasteiger charge is -2.22. The van der Waals surface area contributed by atoms with E-state index in [0.29, 0.717) is 0 Å². The van der Waals surface area contributed by atoms with Crippen LogP contribution < -0.4 is 5.32 Å². The summed E-state index contributed by atoms with van der Waals surface area (Å²) in [6.07, 6.45) is 2.80. The molecule has 0 spiro atoms. The minimum absolute atomic E-state index is 0.749. The van der Waals surface area contributed by atoms with Crippen LogP contribution in [0.15, 0.2) is 22.6 Å². The van der Waals surface area contributed by atoms with Crippen molar-refractivity contribution in [3.8, 4) is 0 Å². The lowest BCUT2D eigenvalue weighted by atomic mass is 10.3. The number of halogens is 1. The number of aryl methyl sites for hydroxylation is 2. The molecule has 0 aliphatic rings. The number of thiazole rings is 1. The van der Waals surface area contributed by atoms with E-state index in [1.807, 2.05) is 37.8 Å². The molecule has 0 aliphatic heterocycles. The Morgan fingerprint density at radius 2 is 2.32 bits per heavy atom.